The summed E-state index contributed by atoms with van der Waals surface area (Å²) in [5.41, 5.74) is 0. The van der Waals surface area contributed by atoms with Gasteiger partial charge in [0.1, 0.15) is 6.29 Å². The topological polar surface area (TPSA) is 54.4 Å². The first-order valence-corrected chi connectivity index (χ1v) is 10.9. The molecule has 1 N–H and O–H groups in total. The quantitative estimate of drug-likeness (QED) is 0.190. The van der Waals surface area contributed by atoms with Gasteiger partial charge in [-0.1, -0.05) is 103 Å². The Hall–Kier alpha value is -0.860. The van der Waals surface area contributed by atoms with Crippen molar-refractivity contribution < 1.29 is 14.7 Å². The summed E-state index contributed by atoms with van der Waals surface area (Å²) in [7, 11) is 0. The highest BCUT2D eigenvalue weighted by Gasteiger charge is 2.08. The Morgan fingerprint density at radius 1 is 0.760 bits per heavy atom. The van der Waals surface area contributed by atoms with E-state index in [1.807, 2.05) is 0 Å². The molecular weight excluding hydrogens is 312 g/mol. The summed E-state index contributed by atoms with van der Waals surface area (Å²) in [4.78, 5) is 21.3. The van der Waals surface area contributed by atoms with Gasteiger partial charge in [-0.05, 0) is 12.3 Å². The Morgan fingerprint density at radius 2 is 1.20 bits per heavy atom. The minimum Gasteiger partial charge on any atom is -0.481 e. The molecule has 148 valence electrons. The van der Waals surface area contributed by atoms with Crippen LogP contribution < -0.4 is 0 Å². The van der Waals surface area contributed by atoms with Crippen LogP contribution in [0.2, 0.25) is 0 Å². The van der Waals surface area contributed by atoms with E-state index < -0.39 is 5.97 Å². The van der Waals surface area contributed by atoms with E-state index in [0.29, 0.717) is 12.3 Å². The van der Waals surface area contributed by atoms with Gasteiger partial charge >= 0.3 is 5.97 Å². The number of aliphatic carboxylic acids is 1. The van der Waals surface area contributed by atoms with E-state index in [0.717, 1.165) is 32.0 Å². The average Bonchev–Trinajstić information content (AvgIpc) is 2.59. The molecule has 1 unspecified atom stereocenters. The predicted octanol–water partition coefficient (Wildman–Crippen LogP) is 6.93. The van der Waals surface area contributed by atoms with Crippen LogP contribution in [0.25, 0.3) is 0 Å². The van der Waals surface area contributed by atoms with Crippen LogP contribution in [0.5, 0.6) is 0 Å². The second kappa shape index (κ2) is 19.5. The first kappa shape index (κ1) is 24.1. The lowest BCUT2D eigenvalue weighted by molar-refractivity contribution is -0.137. The zero-order chi connectivity index (χ0) is 18.6. The molecule has 0 bridgehead atoms. The van der Waals surface area contributed by atoms with E-state index >= 15 is 0 Å². The molecule has 25 heavy (non-hydrogen) atoms. The number of unbranched alkanes of at least 4 members (excludes halogenated alkanes) is 12. The Labute approximate surface area is 156 Å². The number of carbonyl (C=O) groups excluding carboxylic acids is 1. The molecule has 0 amide bonds. The van der Waals surface area contributed by atoms with Gasteiger partial charge in [-0.2, -0.15) is 0 Å². The third kappa shape index (κ3) is 19.3. The number of rotatable bonds is 20. The molecule has 0 saturated heterocycles. The molecule has 0 aromatic carbocycles. The number of hydrogen-bond donors (Lipinski definition) is 1. The van der Waals surface area contributed by atoms with Gasteiger partial charge in [0, 0.05) is 12.8 Å². The minimum absolute atomic E-state index is 0.311. The molecule has 0 radical (unpaired) electrons. The smallest absolute Gasteiger partial charge is 0.303 e. The molecule has 0 fully saturated rings. The van der Waals surface area contributed by atoms with E-state index in [4.69, 9.17) is 5.11 Å². The molecule has 3 heteroatoms. The highest BCUT2D eigenvalue weighted by atomic mass is 16.4. The van der Waals surface area contributed by atoms with E-state index in [-0.39, 0.29) is 0 Å². The van der Waals surface area contributed by atoms with Crippen molar-refractivity contribution >= 4 is 12.3 Å². The van der Waals surface area contributed by atoms with Crippen molar-refractivity contribution in [3.05, 3.63) is 0 Å². The summed E-state index contributed by atoms with van der Waals surface area (Å²) in [5.74, 6) is -0.0779. The van der Waals surface area contributed by atoms with Gasteiger partial charge in [0.2, 0.25) is 0 Å². The zero-order valence-electron chi connectivity index (χ0n) is 16.6. The Kier molecular flexibility index (Phi) is 18.8. The fourth-order valence-electron chi connectivity index (χ4n) is 3.50. The van der Waals surface area contributed by atoms with Crippen LogP contribution in [-0.2, 0) is 9.59 Å². The van der Waals surface area contributed by atoms with Gasteiger partial charge < -0.3 is 9.90 Å². The number of carbonyl (C=O) groups is 2. The van der Waals surface area contributed by atoms with Gasteiger partial charge in [-0.3, -0.25) is 4.79 Å². The number of carboxylic acid groups (broad SMARTS) is 1. The average molecular weight is 355 g/mol. The summed E-state index contributed by atoms with van der Waals surface area (Å²) in [6.07, 6.45) is 22.0. The molecule has 0 spiro atoms. The van der Waals surface area contributed by atoms with E-state index in [9.17, 15) is 9.59 Å². The summed E-state index contributed by atoms with van der Waals surface area (Å²) in [6, 6.07) is 0. The van der Waals surface area contributed by atoms with Crippen molar-refractivity contribution in [1.29, 1.82) is 0 Å². The molecule has 0 aliphatic rings. The molecule has 0 saturated carbocycles. The second-order valence-corrected chi connectivity index (χ2v) is 7.59. The van der Waals surface area contributed by atoms with Gasteiger partial charge in [-0.25, -0.2) is 0 Å². The Morgan fingerprint density at radius 3 is 1.64 bits per heavy atom. The van der Waals surface area contributed by atoms with Crippen LogP contribution in [0.4, 0.5) is 0 Å². The largest absolute Gasteiger partial charge is 0.481 e. The monoisotopic (exact) mass is 354 g/mol. The van der Waals surface area contributed by atoms with Crippen LogP contribution in [0.3, 0.4) is 0 Å². The third-order valence-corrected chi connectivity index (χ3v) is 5.15. The second-order valence-electron chi connectivity index (χ2n) is 7.59. The lowest BCUT2D eigenvalue weighted by Crippen LogP contribution is -2.02. The van der Waals surface area contributed by atoms with Crippen molar-refractivity contribution in [2.75, 3.05) is 0 Å². The fraction of sp³-hybridized carbons (Fsp3) is 0.909. The Bertz CT molecular complexity index is 302. The number of hydrogen-bond acceptors (Lipinski definition) is 2. The molecule has 0 aromatic rings. The molecule has 0 aromatic heterocycles. The first-order chi connectivity index (χ1) is 12.2. The predicted molar refractivity (Wildman–Crippen MR) is 106 cm³/mol. The standard InChI is InChI=1S/C22H42O3/c1-2-3-4-5-7-10-13-16-21(19-20-23)17-14-11-8-6-9-12-15-18-22(24)25/h20-21H,2-19H2,1H3,(H,24,25). The van der Waals surface area contributed by atoms with Crippen molar-refractivity contribution in [1.82, 2.24) is 0 Å². The Balaban J connectivity index is 3.47. The molecule has 0 rings (SSSR count). The summed E-state index contributed by atoms with van der Waals surface area (Å²) in [5, 5.41) is 8.58. The summed E-state index contributed by atoms with van der Waals surface area (Å²) < 4.78 is 0. The van der Waals surface area contributed by atoms with Crippen molar-refractivity contribution in [2.24, 2.45) is 5.92 Å². The molecule has 3 nitrogen and oxygen atoms in total. The van der Waals surface area contributed by atoms with Crippen LogP contribution in [-0.4, -0.2) is 17.4 Å². The highest BCUT2D eigenvalue weighted by molar-refractivity contribution is 5.66. The van der Waals surface area contributed by atoms with Gasteiger partial charge in [-0.15, -0.1) is 0 Å². The molecule has 0 aliphatic heterocycles. The SMILES string of the molecule is CCCCCCCCCC(CC=O)CCCCCCCCCC(=O)O. The zero-order valence-corrected chi connectivity index (χ0v) is 16.6. The van der Waals surface area contributed by atoms with E-state index in [1.165, 1.54) is 83.5 Å². The maximum absolute atomic E-state index is 10.9. The number of carboxylic acids is 1. The third-order valence-electron chi connectivity index (χ3n) is 5.15. The van der Waals surface area contributed by atoms with Crippen molar-refractivity contribution in [3.8, 4) is 0 Å². The van der Waals surface area contributed by atoms with Crippen molar-refractivity contribution in [2.45, 2.75) is 122 Å². The molecule has 0 heterocycles. The van der Waals surface area contributed by atoms with Crippen LogP contribution in [0.15, 0.2) is 0 Å². The van der Waals surface area contributed by atoms with Crippen LogP contribution >= 0.6 is 0 Å². The van der Waals surface area contributed by atoms with E-state index in [2.05, 4.69) is 6.92 Å². The molecule has 0 aliphatic carbocycles. The molecular formula is C22H42O3. The highest BCUT2D eigenvalue weighted by Crippen LogP contribution is 2.21. The first-order valence-electron chi connectivity index (χ1n) is 10.9. The normalized spacial score (nSPS) is 12.2. The number of aldehydes is 1. The van der Waals surface area contributed by atoms with Gasteiger partial charge in [0.25, 0.3) is 0 Å². The molecule has 1 atom stereocenters. The maximum atomic E-state index is 10.9. The fourth-order valence-corrected chi connectivity index (χ4v) is 3.50. The minimum atomic E-state index is -0.679. The lowest BCUT2D eigenvalue weighted by atomic mass is 9.92. The maximum Gasteiger partial charge on any atom is 0.303 e. The van der Waals surface area contributed by atoms with Crippen molar-refractivity contribution in [3.63, 3.8) is 0 Å². The van der Waals surface area contributed by atoms with Gasteiger partial charge in [0.15, 0.2) is 0 Å². The summed E-state index contributed by atoms with van der Waals surface area (Å²) >= 11 is 0. The summed E-state index contributed by atoms with van der Waals surface area (Å²) in [6.45, 7) is 2.25. The van der Waals surface area contributed by atoms with Crippen LogP contribution in [0, 0.1) is 5.92 Å². The lowest BCUT2D eigenvalue weighted by Gasteiger charge is -2.14. The van der Waals surface area contributed by atoms with Crippen LogP contribution in [0.1, 0.15) is 122 Å². The van der Waals surface area contributed by atoms with E-state index in [1.54, 1.807) is 0 Å². The van der Waals surface area contributed by atoms with Gasteiger partial charge in [0.05, 0.1) is 0 Å².